The van der Waals surface area contributed by atoms with Crippen LogP contribution in [0.2, 0.25) is 0 Å². The molecule has 0 unspecified atom stereocenters. The highest BCUT2D eigenvalue weighted by molar-refractivity contribution is 6.01. The van der Waals surface area contributed by atoms with Crippen molar-refractivity contribution in [2.75, 3.05) is 5.73 Å². The molecule has 2 aromatic carbocycles. The minimum absolute atomic E-state index is 0.00898. The zero-order valence-corrected chi connectivity index (χ0v) is 14.2. The molecule has 3 nitrogen and oxygen atoms in total. The summed E-state index contributed by atoms with van der Waals surface area (Å²) in [6.07, 6.45) is 0. The van der Waals surface area contributed by atoms with Gasteiger partial charge in [-0.25, -0.2) is 0 Å². The smallest absolute Gasteiger partial charge is 0.167 e. The Hall–Kier alpha value is -2.42. The van der Waals surface area contributed by atoms with Crippen LogP contribution in [0.4, 0.5) is 5.69 Å². The molecule has 0 saturated heterocycles. The third kappa shape index (κ3) is 5.70. The molecule has 0 fully saturated rings. The van der Waals surface area contributed by atoms with Gasteiger partial charge < -0.3 is 5.73 Å². The predicted molar refractivity (Wildman–Crippen MR) is 95.6 cm³/mol. The van der Waals surface area contributed by atoms with Gasteiger partial charge in [-0.15, -0.1) is 0 Å². The number of Topliss-reactive ketones (excluding diaryl/α,β-unsaturated/α-hetero) is 2. The first-order valence-electron chi connectivity index (χ1n) is 7.82. The third-order valence-electron chi connectivity index (χ3n) is 3.33. The topological polar surface area (TPSA) is 60.2 Å². The Balaban J connectivity index is 0.000000231. The monoisotopic (exact) mass is 311 g/mol. The standard InChI is InChI=1S/C10H13NO.C10H12O/c1-7(2)10(12)8-5-3-4-6-9(8)11;1-8(2)10(11)9-6-4-3-5-7-9/h3-7H,11H2,1-2H3;3-8H,1-2H3. The number of hydrogen-bond donors (Lipinski definition) is 1. The average Bonchev–Trinajstić information content (AvgIpc) is 2.55. The van der Waals surface area contributed by atoms with Crippen molar-refractivity contribution in [2.45, 2.75) is 27.7 Å². The molecule has 2 N–H and O–H groups in total. The van der Waals surface area contributed by atoms with E-state index in [0.717, 1.165) is 5.56 Å². The lowest BCUT2D eigenvalue weighted by molar-refractivity contribution is 0.0932. The molecule has 0 atom stereocenters. The third-order valence-corrected chi connectivity index (χ3v) is 3.33. The first-order chi connectivity index (χ1) is 10.8. The lowest BCUT2D eigenvalue weighted by Gasteiger charge is -2.05. The minimum atomic E-state index is 0.00898. The highest BCUT2D eigenvalue weighted by atomic mass is 16.1. The van der Waals surface area contributed by atoms with Crippen LogP contribution < -0.4 is 5.73 Å². The Kier molecular flexibility index (Phi) is 7.20. The summed E-state index contributed by atoms with van der Waals surface area (Å²) in [6.45, 7) is 7.56. The summed E-state index contributed by atoms with van der Waals surface area (Å²) in [7, 11) is 0. The number of nitrogens with two attached hydrogens (primary N) is 1. The molecule has 0 saturated carbocycles. The second kappa shape index (κ2) is 8.89. The van der Waals surface area contributed by atoms with Crippen LogP contribution in [0.5, 0.6) is 0 Å². The van der Waals surface area contributed by atoms with Gasteiger partial charge in [0.25, 0.3) is 0 Å². The Labute approximate surface area is 138 Å². The Morgan fingerprint density at radius 1 is 0.739 bits per heavy atom. The van der Waals surface area contributed by atoms with E-state index in [4.69, 9.17) is 5.73 Å². The van der Waals surface area contributed by atoms with Crippen LogP contribution in [0.25, 0.3) is 0 Å². The van der Waals surface area contributed by atoms with Crippen molar-refractivity contribution >= 4 is 17.3 Å². The van der Waals surface area contributed by atoms with E-state index in [1.54, 1.807) is 12.1 Å². The maximum Gasteiger partial charge on any atom is 0.167 e. The molecule has 0 aliphatic rings. The number of nitrogen functional groups attached to an aromatic ring is 1. The van der Waals surface area contributed by atoms with Crippen molar-refractivity contribution < 1.29 is 9.59 Å². The maximum atomic E-state index is 11.5. The second-order valence-corrected chi connectivity index (χ2v) is 5.99. The Morgan fingerprint density at radius 3 is 1.70 bits per heavy atom. The summed E-state index contributed by atoms with van der Waals surface area (Å²) < 4.78 is 0. The average molecular weight is 311 g/mol. The number of carbonyl (C=O) groups is 2. The summed E-state index contributed by atoms with van der Waals surface area (Å²) in [6, 6.07) is 16.5. The fourth-order valence-corrected chi connectivity index (χ4v) is 1.97. The molecule has 0 aromatic heterocycles. The lowest BCUT2D eigenvalue weighted by atomic mass is 10.00. The van der Waals surface area contributed by atoms with E-state index in [-0.39, 0.29) is 23.4 Å². The van der Waals surface area contributed by atoms with E-state index in [9.17, 15) is 9.59 Å². The predicted octanol–water partition coefficient (Wildman–Crippen LogP) is 4.63. The normalized spacial score (nSPS) is 10.2. The molecule has 2 rings (SSSR count). The number of para-hydroxylation sites is 1. The lowest BCUT2D eigenvalue weighted by Crippen LogP contribution is -2.09. The quantitative estimate of drug-likeness (QED) is 0.661. The molecule has 0 amide bonds. The molecule has 2 aromatic rings. The summed E-state index contributed by atoms with van der Waals surface area (Å²) in [5, 5.41) is 0. The second-order valence-electron chi connectivity index (χ2n) is 5.99. The van der Waals surface area contributed by atoms with Crippen LogP contribution >= 0.6 is 0 Å². The van der Waals surface area contributed by atoms with Crippen LogP contribution in [-0.2, 0) is 0 Å². The van der Waals surface area contributed by atoms with Crippen molar-refractivity contribution in [1.82, 2.24) is 0 Å². The molecular formula is C20H25NO2. The number of anilines is 1. The Bertz CT molecular complexity index is 646. The first-order valence-corrected chi connectivity index (χ1v) is 7.82. The first kappa shape index (κ1) is 18.6. The molecule has 23 heavy (non-hydrogen) atoms. The number of hydrogen-bond acceptors (Lipinski definition) is 3. The summed E-state index contributed by atoms with van der Waals surface area (Å²) in [5.41, 5.74) is 7.64. The SMILES string of the molecule is CC(C)C(=O)c1ccccc1.CC(C)C(=O)c1ccccc1N. The van der Waals surface area contributed by atoms with Crippen molar-refractivity contribution in [1.29, 1.82) is 0 Å². The largest absolute Gasteiger partial charge is 0.398 e. The van der Waals surface area contributed by atoms with E-state index >= 15 is 0 Å². The molecule has 0 aliphatic heterocycles. The van der Waals surface area contributed by atoms with Crippen LogP contribution in [0, 0.1) is 11.8 Å². The number of carbonyl (C=O) groups excluding carboxylic acids is 2. The van der Waals surface area contributed by atoms with Gasteiger partial charge in [-0.1, -0.05) is 70.2 Å². The number of rotatable bonds is 4. The van der Waals surface area contributed by atoms with Crippen molar-refractivity contribution in [3.63, 3.8) is 0 Å². The van der Waals surface area contributed by atoms with Crippen molar-refractivity contribution in [3.8, 4) is 0 Å². The summed E-state index contributed by atoms with van der Waals surface area (Å²) >= 11 is 0. The van der Waals surface area contributed by atoms with Crippen molar-refractivity contribution in [2.24, 2.45) is 11.8 Å². The molecule has 0 radical (unpaired) electrons. The molecule has 0 spiro atoms. The van der Waals surface area contributed by atoms with Gasteiger partial charge in [0.15, 0.2) is 11.6 Å². The Morgan fingerprint density at radius 2 is 1.22 bits per heavy atom. The van der Waals surface area contributed by atoms with Gasteiger partial charge in [-0.05, 0) is 12.1 Å². The van der Waals surface area contributed by atoms with E-state index in [0.29, 0.717) is 11.3 Å². The van der Waals surface area contributed by atoms with E-state index in [2.05, 4.69) is 0 Å². The van der Waals surface area contributed by atoms with E-state index in [1.165, 1.54) is 0 Å². The van der Waals surface area contributed by atoms with Crippen LogP contribution in [0.3, 0.4) is 0 Å². The summed E-state index contributed by atoms with van der Waals surface area (Å²) in [4.78, 5) is 22.8. The zero-order chi connectivity index (χ0) is 17.4. The molecule has 0 bridgehead atoms. The highest BCUT2D eigenvalue weighted by Gasteiger charge is 2.12. The van der Waals surface area contributed by atoms with Crippen molar-refractivity contribution in [3.05, 3.63) is 65.7 Å². The van der Waals surface area contributed by atoms with Gasteiger partial charge >= 0.3 is 0 Å². The molecule has 3 heteroatoms. The highest BCUT2D eigenvalue weighted by Crippen LogP contribution is 2.15. The van der Waals surface area contributed by atoms with Gasteiger partial charge in [-0.3, -0.25) is 9.59 Å². The molecular weight excluding hydrogens is 286 g/mol. The maximum absolute atomic E-state index is 11.5. The molecule has 0 aliphatic carbocycles. The fourth-order valence-electron chi connectivity index (χ4n) is 1.97. The fraction of sp³-hybridized carbons (Fsp3) is 0.300. The van der Waals surface area contributed by atoms with E-state index < -0.39 is 0 Å². The van der Waals surface area contributed by atoms with E-state index in [1.807, 2.05) is 70.2 Å². The number of ketones is 2. The number of benzene rings is 2. The van der Waals surface area contributed by atoms with Gasteiger partial charge in [-0.2, -0.15) is 0 Å². The van der Waals surface area contributed by atoms with Crippen LogP contribution in [-0.4, -0.2) is 11.6 Å². The van der Waals surface area contributed by atoms with Crippen LogP contribution in [0.1, 0.15) is 48.4 Å². The zero-order valence-electron chi connectivity index (χ0n) is 14.2. The van der Waals surface area contributed by atoms with Gasteiger partial charge in [0, 0.05) is 28.7 Å². The molecule has 0 heterocycles. The van der Waals surface area contributed by atoms with Gasteiger partial charge in [0.05, 0.1) is 0 Å². The summed E-state index contributed by atoms with van der Waals surface area (Å²) in [5.74, 6) is 0.422. The van der Waals surface area contributed by atoms with Crippen LogP contribution in [0.15, 0.2) is 54.6 Å². The minimum Gasteiger partial charge on any atom is -0.398 e. The van der Waals surface area contributed by atoms with Gasteiger partial charge in [0.1, 0.15) is 0 Å². The van der Waals surface area contributed by atoms with Gasteiger partial charge in [0.2, 0.25) is 0 Å². The molecule has 122 valence electrons.